The molecule has 0 spiro atoms. The zero-order valence-corrected chi connectivity index (χ0v) is 20.7. The molecule has 1 aromatic heterocycles. The maximum absolute atomic E-state index is 14.1. The van der Waals surface area contributed by atoms with Crippen LogP contribution >= 0.6 is 0 Å². The summed E-state index contributed by atoms with van der Waals surface area (Å²) in [5.41, 5.74) is -0.912. The van der Waals surface area contributed by atoms with Crippen LogP contribution in [0, 0.1) is 35.2 Å². The van der Waals surface area contributed by atoms with Gasteiger partial charge >= 0.3 is 0 Å². The lowest BCUT2D eigenvalue weighted by Crippen LogP contribution is -2.47. The number of benzene rings is 1. The number of halogens is 3. The summed E-state index contributed by atoms with van der Waals surface area (Å²) in [6, 6.07) is 4.71. The Morgan fingerprint density at radius 2 is 1.69 bits per heavy atom. The first kappa shape index (κ1) is 22.0. The number of ether oxygens (including phenoxy) is 1. The van der Waals surface area contributed by atoms with Gasteiger partial charge in [-0.2, -0.15) is 0 Å². The number of nitrogens with one attached hydrogen (secondary N) is 1. The van der Waals surface area contributed by atoms with E-state index in [1.165, 1.54) is 6.07 Å². The smallest absolute Gasteiger partial charge is 0.168 e. The molecule has 0 amide bonds. The van der Waals surface area contributed by atoms with Crippen LogP contribution in [-0.2, 0) is 4.74 Å². The summed E-state index contributed by atoms with van der Waals surface area (Å²) in [6.45, 7) is 8.26. The summed E-state index contributed by atoms with van der Waals surface area (Å²) in [7, 11) is 0. The van der Waals surface area contributed by atoms with Gasteiger partial charge in [0.25, 0.3) is 0 Å². The molecule has 0 bridgehead atoms. The largest absolute Gasteiger partial charge is 0.370 e. The van der Waals surface area contributed by atoms with Crippen LogP contribution in [0.15, 0.2) is 24.3 Å². The van der Waals surface area contributed by atoms with Gasteiger partial charge in [-0.1, -0.05) is 0 Å². The topological polar surface area (TPSA) is 50.3 Å². The fourth-order valence-corrected chi connectivity index (χ4v) is 6.47. The van der Waals surface area contributed by atoms with Crippen molar-refractivity contribution in [2.75, 3.05) is 24.9 Å². The molecule has 190 valence electrons. The lowest BCUT2D eigenvalue weighted by molar-refractivity contribution is -0.174. The van der Waals surface area contributed by atoms with Crippen LogP contribution in [0.2, 0.25) is 0 Å². The Balaban J connectivity index is 1.19. The molecule has 1 N–H and O–H groups in total. The van der Waals surface area contributed by atoms with Crippen LogP contribution < -0.4 is 5.32 Å². The second kappa shape index (κ2) is 9.04. The molecule has 0 radical (unpaired) electrons. The van der Waals surface area contributed by atoms with Gasteiger partial charge in [0.15, 0.2) is 11.6 Å². The predicted molar refractivity (Wildman–Crippen MR) is 129 cm³/mol. The lowest BCUT2D eigenvalue weighted by Gasteiger charge is -2.46. The molecular weight excluding hydrogens is 453 g/mol. The maximum atomic E-state index is 14.1. The van der Waals surface area contributed by atoms with Gasteiger partial charge < -0.3 is 15.0 Å². The highest BCUT2D eigenvalue weighted by Crippen LogP contribution is 2.42. The lowest BCUT2D eigenvalue weighted by atomic mass is 9.80. The first-order valence-corrected chi connectivity index (χ1v) is 12.4. The van der Waals surface area contributed by atoms with Crippen molar-refractivity contribution in [3.8, 4) is 11.3 Å². The third kappa shape index (κ3) is 5.48. The molecule has 2 saturated heterocycles. The van der Waals surface area contributed by atoms with Gasteiger partial charge in [0, 0.05) is 40.0 Å². The van der Waals surface area contributed by atoms with Gasteiger partial charge in [0.1, 0.15) is 11.6 Å². The van der Waals surface area contributed by atoms with E-state index in [-0.39, 0.29) is 34.4 Å². The molecule has 3 fully saturated rings. The quantitative estimate of drug-likeness (QED) is 0.548. The SMILES string of the molecule is [2H]C([2H])(C1CC(C)(C)OC(C)(C)C1)N1C[C@H]2CC(Nc3ccc(-c4cc(F)cc(F)c4F)nn3)C[C@H]2C1. The van der Waals surface area contributed by atoms with Gasteiger partial charge in [-0.15, -0.1) is 10.2 Å². The second-order valence-corrected chi connectivity index (χ2v) is 11.6. The average Bonchev–Trinajstić information content (AvgIpc) is 3.34. The predicted octanol–water partition coefficient (Wildman–Crippen LogP) is 5.67. The molecular formula is C27H35F3N4O. The second-order valence-electron chi connectivity index (χ2n) is 11.6. The molecule has 1 unspecified atom stereocenters. The Morgan fingerprint density at radius 1 is 1.03 bits per heavy atom. The minimum atomic E-state index is -1.39. The molecule has 5 nitrogen and oxygen atoms in total. The van der Waals surface area contributed by atoms with Crippen molar-refractivity contribution in [1.82, 2.24) is 15.1 Å². The van der Waals surface area contributed by atoms with Gasteiger partial charge in [-0.3, -0.25) is 0 Å². The molecule has 3 aliphatic rings. The Morgan fingerprint density at radius 3 is 2.29 bits per heavy atom. The van der Waals surface area contributed by atoms with E-state index >= 15 is 0 Å². The highest BCUT2D eigenvalue weighted by molar-refractivity contribution is 5.60. The van der Waals surface area contributed by atoms with E-state index in [2.05, 4.69) is 15.5 Å². The Hall–Kier alpha value is -2.19. The summed E-state index contributed by atoms with van der Waals surface area (Å²) in [5, 5.41) is 11.5. The average molecular weight is 491 g/mol. The fourth-order valence-electron chi connectivity index (χ4n) is 6.47. The van der Waals surface area contributed by atoms with Crippen LogP contribution in [0.25, 0.3) is 11.3 Å². The van der Waals surface area contributed by atoms with Crippen molar-refractivity contribution in [3.63, 3.8) is 0 Å². The van der Waals surface area contributed by atoms with Crippen molar-refractivity contribution in [3.05, 3.63) is 41.7 Å². The number of hydrogen-bond acceptors (Lipinski definition) is 5. The van der Waals surface area contributed by atoms with E-state index in [0.29, 0.717) is 36.6 Å². The van der Waals surface area contributed by atoms with E-state index in [0.717, 1.165) is 32.0 Å². The van der Waals surface area contributed by atoms with E-state index in [1.54, 1.807) is 6.07 Å². The maximum Gasteiger partial charge on any atom is 0.168 e. The van der Waals surface area contributed by atoms with Crippen LogP contribution in [0.1, 0.15) is 56.1 Å². The molecule has 1 saturated carbocycles. The van der Waals surface area contributed by atoms with Gasteiger partial charge in [-0.25, -0.2) is 13.2 Å². The standard InChI is InChI=1S/C27H35F3N4O/c1-26(2)11-16(12-27(3,4)35-26)13-34-14-17-7-20(8-18(17)15-34)31-24-6-5-23(32-33-24)21-9-19(28)10-22(29)25(21)30/h5-6,9-10,16-18,20H,7-8,11-15H2,1-4H3,(H,31,33)/t17-,18+,20?/i13D2. The molecule has 35 heavy (non-hydrogen) atoms. The first-order valence-electron chi connectivity index (χ1n) is 13.4. The Labute approximate surface area is 208 Å². The molecule has 1 aliphatic carbocycles. The minimum Gasteiger partial charge on any atom is -0.370 e. The molecule has 3 atom stereocenters. The summed E-state index contributed by atoms with van der Waals surface area (Å²) in [5.74, 6) is -2.08. The van der Waals surface area contributed by atoms with Crippen molar-refractivity contribution in [2.45, 2.75) is 70.6 Å². The number of nitrogens with zero attached hydrogens (tertiary/aromatic N) is 3. The molecule has 2 aromatic rings. The van der Waals surface area contributed by atoms with Crippen LogP contribution in [0.3, 0.4) is 0 Å². The monoisotopic (exact) mass is 490 g/mol. The number of hydrogen-bond donors (Lipinski definition) is 1. The summed E-state index contributed by atoms with van der Waals surface area (Å²) >= 11 is 0. The van der Waals surface area contributed by atoms with Crippen molar-refractivity contribution in [1.29, 1.82) is 0 Å². The summed E-state index contributed by atoms with van der Waals surface area (Å²) < 4.78 is 65.4. The van der Waals surface area contributed by atoms with Gasteiger partial charge in [0.05, 0.1) is 16.9 Å². The highest BCUT2D eigenvalue weighted by Gasteiger charge is 2.44. The molecule has 2 aliphatic heterocycles. The van der Waals surface area contributed by atoms with Crippen LogP contribution in [-0.4, -0.2) is 51.9 Å². The molecule has 8 heteroatoms. The number of likely N-dealkylation sites (tertiary alicyclic amines) is 1. The molecule has 1 aromatic carbocycles. The zero-order chi connectivity index (χ0) is 26.8. The number of aromatic nitrogens is 2. The highest BCUT2D eigenvalue weighted by atomic mass is 19.2. The van der Waals surface area contributed by atoms with Crippen LogP contribution in [0.4, 0.5) is 19.0 Å². The summed E-state index contributed by atoms with van der Waals surface area (Å²) in [6.07, 6.45) is 3.19. The van der Waals surface area contributed by atoms with Crippen molar-refractivity contribution >= 4 is 5.82 Å². The third-order valence-electron chi connectivity index (χ3n) is 7.43. The van der Waals surface area contributed by atoms with Crippen LogP contribution in [0.5, 0.6) is 0 Å². The number of fused-ring (bicyclic) bond motifs is 1. The number of rotatable bonds is 5. The van der Waals surface area contributed by atoms with E-state index < -0.39 is 23.9 Å². The molecule has 5 rings (SSSR count). The minimum absolute atomic E-state index is 0.0575. The summed E-state index contributed by atoms with van der Waals surface area (Å²) in [4.78, 5) is 2.04. The number of anilines is 1. The van der Waals surface area contributed by atoms with Gasteiger partial charge in [-0.05, 0) is 89.3 Å². The van der Waals surface area contributed by atoms with E-state index in [4.69, 9.17) is 7.48 Å². The van der Waals surface area contributed by atoms with E-state index in [1.807, 2.05) is 32.6 Å². The van der Waals surface area contributed by atoms with Crippen molar-refractivity contribution in [2.24, 2.45) is 17.8 Å². The third-order valence-corrected chi connectivity index (χ3v) is 7.43. The first-order chi connectivity index (χ1) is 17.2. The Kier molecular flexibility index (Phi) is 5.69. The van der Waals surface area contributed by atoms with E-state index in [9.17, 15) is 13.2 Å². The van der Waals surface area contributed by atoms with Gasteiger partial charge in [0.2, 0.25) is 0 Å². The molecule has 3 heterocycles. The fraction of sp³-hybridized carbons (Fsp3) is 0.630. The Bertz CT molecular complexity index is 1130. The van der Waals surface area contributed by atoms with Crippen molar-refractivity contribution < 1.29 is 20.6 Å². The zero-order valence-electron chi connectivity index (χ0n) is 22.7. The normalized spacial score (nSPS) is 29.5.